The van der Waals surface area contributed by atoms with E-state index in [1.165, 1.54) is 5.56 Å². The zero-order chi connectivity index (χ0) is 16.6. The number of rotatable bonds is 3. The Kier molecular flexibility index (Phi) is 4.37. The van der Waals surface area contributed by atoms with Crippen LogP contribution in [0.3, 0.4) is 0 Å². The summed E-state index contributed by atoms with van der Waals surface area (Å²) in [4.78, 5) is 13.9. The van der Waals surface area contributed by atoms with Crippen LogP contribution in [0.1, 0.15) is 45.1 Å². The van der Waals surface area contributed by atoms with E-state index in [9.17, 15) is 9.90 Å². The molecule has 1 saturated carbocycles. The SMILES string of the molecule is CC(C)(C)OC(=O)N1CCC(C(O)C2CC2c2ccccc2)C1. The Bertz CT molecular complexity index is 551. The number of aliphatic hydroxyl groups is 1. The summed E-state index contributed by atoms with van der Waals surface area (Å²) in [5.41, 5.74) is 0.849. The van der Waals surface area contributed by atoms with Crippen LogP contribution >= 0.6 is 0 Å². The van der Waals surface area contributed by atoms with Crippen LogP contribution in [-0.2, 0) is 4.74 Å². The highest BCUT2D eigenvalue weighted by atomic mass is 16.6. The number of amides is 1. The fraction of sp³-hybridized carbons (Fsp3) is 0.632. The van der Waals surface area contributed by atoms with Crippen molar-refractivity contribution in [2.24, 2.45) is 11.8 Å². The minimum Gasteiger partial charge on any atom is -0.444 e. The molecule has 1 N–H and O–H groups in total. The fourth-order valence-corrected chi connectivity index (χ4v) is 3.58. The van der Waals surface area contributed by atoms with Gasteiger partial charge in [0, 0.05) is 19.0 Å². The predicted molar refractivity (Wildman–Crippen MR) is 89.2 cm³/mol. The van der Waals surface area contributed by atoms with Crippen molar-refractivity contribution in [1.82, 2.24) is 4.90 Å². The van der Waals surface area contributed by atoms with Gasteiger partial charge in [-0.3, -0.25) is 0 Å². The molecule has 1 aliphatic heterocycles. The first-order valence-electron chi connectivity index (χ1n) is 8.56. The van der Waals surface area contributed by atoms with E-state index in [1.807, 2.05) is 26.8 Å². The van der Waals surface area contributed by atoms with Crippen LogP contribution in [-0.4, -0.2) is 40.9 Å². The third kappa shape index (κ3) is 3.86. The lowest BCUT2D eigenvalue weighted by atomic mass is 9.95. The molecule has 1 aromatic carbocycles. The molecular weight excluding hydrogens is 290 g/mol. The fourth-order valence-electron chi connectivity index (χ4n) is 3.58. The molecule has 2 aliphatic rings. The largest absolute Gasteiger partial charge is 0.444 e. The van der Waals surface area contributed by atoms with Gasteiger partial charge in [0.1, 0.15) is 5.60 Å². The van der Waals surface area contributed by atoms with Crippen molar-refractivity contribution in [3.63, 3.8) is 0 Å². The quantitative estimate of drug-likeness (QED) is 0.929. The van der Waals surface area contributed by atoms with Crippen LogP contribution in [0, 0.1) is 11.8 Å². The van der Waals surface area contributed by atoms with Crippen molar-refractivity contribution in [2.75, 3.05) is 13.1 Å². The average molecular weight is 317 g/mol. The summed E-state index contributed by atoms with van der Waals surface area (Å²) in [5, 5.41) is 10.7. The third-order valence-electron chi connectivity index (χ3n) is 4.87. The molecule has 2 fully saturated rings. The van der Waals surface area contributed by atoms with Crippen molar-refractivity contribution in [3.05, 3.63) is 35.9 Å². The van der Waals surface area contributed by atoms with Crippen molar-refractivity contribution in [3.8, 4) is 0 Å². The second-order valence-corrected chi connectivity index (χ2v) is 7.88. The minimum absolute atomic E-state index is 0.168. The van der Waals surface area contributed by atoms with Crippen molar-refractivity contribution >= 4 is 6.09 Å². The molecule has 4 unspecified atom stereocenters. The smallest absolute Gasteiger partial charge is 0.410 e. The minimum atomic E-state index is -0.470. The number of hydrogen-bond donors (Lipinski definition) is 1. The first-order valence-corrected chi connectivity index (χ1v) is 8.56. The van der Waals surface area contributed by atoms with Gasteiger partial charge in [0.15, 0.2) is 0 Å². The third-order valence-corrected chi connectivity index (χ3v) is 4.87. The number of ether oxygens (including phenoxy) is 1. The van der Waals surface area contributed by atoms with Gasteiger partial charge in [-0.15, -0.1) is 0 Å². The zero-order valence-corrected chi connectivity index (χ0v) is 14.2. The highest BCUT2D eigenvalue weighted by Gasteiger charge is 2.47. The van der Waals surface area contributed by atoms with E-state index < -0.39 is 5.60 Å². The molecule has 1 amide bonds. The molecule has 0 spiro atoms. The molecule has 0 bridgehead atoms. The highest BCUT2D eigenvalue weighted by Crippen LogP contribution is 2.51. The van der Waals surface area contributed by atoms with Crippen molar-refractivity contribution < 1.29 is 14.6 Å². The molecule has 1 heterocycles. The van der Waals surface area contributed by atoms with Crippen LogP contribution in [0.25, 0.3) is 0 Å². The van der Waals surface area contributed by atoms with Crippen LogP contribution in [0.5, 0.6) is 0 Å². The van der Waals surface area contributed by atoms with Crippen molar-refractivity contribution in [2.45, 2.75) is 51.2 Å². The summed E-state index contributed by atoms with van der Waals surface area (Å²) < 4.78 is 5.42. The Morgan fingerprint density at radius 2 is 2.00 bits per heavy atom. The van der Waals surface area contributed by atoms with Gasteiger partial charge >= 0.3 is 6.09 Å². The summed E-state index contributed by atoms with van der Waals surface area (Å²) in [5.74, 6) is 0.976. The second-order valence-electron chi connectivity index (χ2n) is 7.88. The van der Waals surface area contributed by atoms with Crippen molar-refractivity contribution in [1.29, 1.82) is 0 Å². The summed E-state index contributed by atoms with van der Waals surface area (Å²) in [6.07, 6.45) is 1.32. The van der Waals surface area contributed by atoms with Gasteiger partial charge in [-0.1, -0.05) is 30.3 Å². The Hall–Kier alpha value is -1.55. The maximum atomic E-state index is 12.1. The second kappa shape index (κ2) is 6.16. The average Bonchev–Trinajstić information content (AvgIpc) is 3.13. The number of benzene rings is 1. The molecule has 4 nitrogen and oxygen atoms in total. The van der Waals surface area contributed by atoms with Gasteiger partial charge in [-0.05, 0) is 51.0 Å². The van der Waals surface area contributed by atoms with Gasteiger partial charge in [0.25, 0.3) is 0 Å². The predicted octanol–water partition coefficient (Wildman–Crippen LogP) is 3.41. The molecule has 1 aromatic rings. The van der Waals surface area contributed by atoms with Gasteiger partial charge in [0.05, 0.1) is 6.10 Å². The molecular formula is C19H27NO3. The number of aliphatic hydroxyl groups excluding tert-OH is 1. The Morgan fingerprint density at radius 1 is 1.30 bits per heavy atom. The van der Waals surface area contributed by atoms with E-state index in [4.69, 9.17) is 4.74 Å². The standard InChI is InChI=1S/C19H27NO3/c1-19(2,3)23-18(22)20-10-9-14(12-20)17(21)16-11-15(16)13-7-5-4-6-8-13/h4-8,14-17,21H,9-12H2,1-3H3. The molecule has 4 atom stereocenters. The summed E-state index contributed by atoms with van der Waals surface area (Å²) >= 11 is 0. The first kappa shape index (κ1) is 16.3. The summed E-state index contributed by atoms with van der Waals surface area (Å²) in [6.45, 7) is 6.92. The molecule has 23 heavy (non-hydrogen) atoms. The molecule has 126 valence electrons. The molecule has 1 saturated heterocycles. The molecule has 0 radical (unpaired) electrons. The molecule has 4 heteroatoms. The van der Waals surface area contributed by atoms with Gasteiger partial charge in [0.2, 0.25) is 0 Å². The summed E-state index contributed by atoms with van der Waals surface area (Å²) in [6, 6.07) is 10.4. The van der Waals surface area contributed by atoms with E-state index in [0.29, 0.717) is 24.9 Å². The van der Waals surface area contributed by atoms with E-state index in [1.54, 1.807) is 4.90 Å². The maximum absolute atomic E-state index is 12.1. The molecule has 0 aromatic heterocycles. The Morgan fingerprint density at radius 3 is 2.65 bits per heavy atom. The zero-order valence-electron chi connectivity index (χ0n) is 14.2. The van der Waals surface area contributed by atoms with Crippen LogP contribution in [0.4, 0.5) is 4.79 Å². The summed E-state index contributed by atoms with van der Waals surface area (Å²) in [7, 11) is 0. The number of nitrogens with zero attached hydrogens (tertiary/aromatic N) is 1. The van der Waals surface area contributed by atoms with Crippen LogP contribution in [0.2, 0.25) is 0 Å². The number of carbonyl (C=O) groups excluding carboxylic acids is 1. The number of carbonyl (C=O) groups is 1. The van der Waals surface area contributed by atoms with Gasteiger partial charge in [-0.2, -0.15) is 0 Å². The van der Waals surface area contributed by atoms with E-state index in [2.05, 4.69) is 24.3 Å². The maximum Gasteiger partial charge on any atom is 0.410 e. The highest BCUT2D eigenvalue weighted by molar-refractivity contribution is 5.68. The van der Waals surface area contributed by atoms with Gasteiger partial charge < -0.3 is 14.7 Å². The first-order chi connectivity index (χ1) is 10.8. The van der Waals surface area contributed by atoms with E-state index in [0.717, 1.165) is 12.8 Å². The van der Waals surface area contributed by atoms with E-state index in [-0.39, 0.29) is 18.1 Å². The van der Waals surface area contributed by atoms with Crippen LogP contribution < -0.4 is 0 Å². The Labute approximate surface area is 138 Å². The normalized spacial score (nSPS) is 28.5. The lowest BCUT2D eigenvalue weighted by Crippen LogP contribution is -2.36. The monoisotopic (exact) mass is 317 g/mol. The lowest BCUT2D eigenvalue weighted by Gasteiger charge is -2.25. The number of hydrogen-bond acceptors (Lipinski definition) is 3. The topological polar surface area (TPSA) is 49.8 Å². The van der Waals surface area contributed by atoms with E-state index >= 15 is 0 Å². The number of likely N-dealkylation sites (tertiary alicyclic amines) is 1. The van der Waals surface area contributed by atoms with Crippen LogP contribution in [0.15, 0.2) is 30.3 Å². The lowest BCUT2D eigenvalue weighted by molar-refractivity contribution is 0.0260. The Balaban J connectivity index is 1.53. The van der Waals surface area contributed by atoms with Gasteiger partial charge in [-0.25, -0.2) is 4.79 Å². The molecule has 3 rings (SSSR count). The molecule has 1 aliphatic carbocycles.